The quantitative estimate of drug-likeness (QED) is 0.816. The Morgan fingerprint density at radius 1 is 1.23 bits per heavy atom. The van der Waals surface area contributed by atoms with E-state index in [1.54, 1.807) is 0 Å². The summed E-state index contributed by atoms with van der Waals surface area (Å²) in [4.78, 5) is 14.7. The molecule has 2 aliphatic carbocycles. The highest BCUT2D eigenvalue weighted by molar-refractivity contribution is 5.85. The highest BCUT2D eigenvalue weighted by atomic mass is 35.5. The van der Waals surface area contributed by atoms with Crippen LogP contribution in [0, 0.1) is 11.8 Å². The van der Waals surface area contributed by atoms with Crippen molar-refractivity contribution in [1.29, 1.82) is 0 Å². The van der Waals surface area contributed by atoms with E-state index in [4.69, 9.17) is 5.73 Å². The van der Waals surface area contributed by atoms with Gasteiger partial charge in [0.2, 0.25) is 5.91 Å². The molecule has 0 saturated heterocycles. The smallest absolute Gasteiger partial charge is 0.224 e. The molecule has 2 fully saturated rings. The first-order valence-electron chi connectivity index (χ1n) is 8.15. The van der Waals surface area contributed by atoms with Crippen molar-refractivity contribution in [2.75, 3.05) is 20.6 Å². The van der Waals surface area contributed by atoms with E-state index in [1.165, 1.54) is 25.7 Å². The van der Waals surface area contributed by atoms with Gasteiger partial charge < -0.3 is 16.0 Å². The maximum absolute atomic E-state index is 12.3. The molecule has 0 spiro atoms. The lowest BCUT2D eigenvalue weighted by Crippen LogP contribution is -2.56. The minimum absolute atomic E-state index is 0. The van der Waals surface area contributed by atoms with E-state index in [1.807, 2.05) is 0 Å². The highest BCUT2D eigenvalue weighted by Gasteiger charge is 2.38. The topological polar surface area (TPSA) is 58.4 Å². The number of nitrogens with one attached hydrogen (secondary N) is 1. The highest BCUT2D eigenvalue weighted by Crippen LogP contribution is 2.35. The summed E-state index contributed by atoms with van der Waals surface area (Å²) in [6, 6.07) is 0.0654. The average Bonchev–Trinajstić information content (AvgIpc) is 2.82. The zero-order chi connectivity index (χ0) is 14.8. The number of carbonyl (C=O) groups is 1. The van der Waals surface area contributed by atoms with Gasteiger partial charge in [-0.15, -0.1) is 24.8 Å². The third-order valence-electron chi connectivity index (χ3n) is 5.51. The SMILES string of the molecule is CC1CCCC(CNC(=O)C2CCCC2N)(N(C)C)C1.Cl.Cl. The molecule has 0 heterocycles. The van der Waals surface area contributed by atoms with Crippen LogP contribution in [-0.4, -0.2) is 43.0 Å². The van der Waals surface area contributed by atoms with Crippen molar-refractivity contribution in [2.45, 2.75) is 63.5 Å². The second-order valence-electron chi connectivity index (χ2n) is 7.24. The van der Waals surface area contributed by atoms with Crippen LogP contribution in [0.1, 0.15) is 51.9 Å². The molecule has 6 heteroatoms. The van der Waals surface area contributed by atoms with Crippen LogP contribution in [-0.2, 0) is 4.79 Å². The summed E-state index contributed by atoms with van der Waals surface area (Å²) < 4.78 is 0. The Hall–Kier alpha value is -0.0300. The Balaban J connectivity index is 0.00000220. The number of hydrogen-bond donors (Lipinski definition) is 2. The maximum Gasteiger partial charge on any atom is 0.224 e. The predicted molar refractivity (Wildman–Crippen MR) is 96.9 cm³/mol. The van der Waals surface area contributed by atoms with Crippen LogP contribution in [0.4, 0.5) is 0 Å². The van der Waals surface area contributed by atoms with E-state index in [-0.39, 0.29) is 48.2 Å². The van der Waals surface area contributed by atoms with E-state index >= 15 is 0 Å². The third-order valence-corrected chi connectivity index (χ3v) is 5.51. The zero-order valence-electron chi connectivity index (χ0n) is 14.1. The summed E-state index contributed by atoms with van der Waals surface area (Å²) in [5.74, 6) is 0.960. The van der Waals surface area contributed by atoms with E-state index in [0.29, 0.717) is 0 Å². The van der Waals surface area contributed by atoms with E-state index in [2.05, 4.69) is 31.2 Å². The summed E-state index contributed by atoms with van der Waals surface area (Å²) in [6.45, 7) is 3.10. The Kier molecular flexibility index (Phi) is 9.30. The maximum atomic E-state index is 12.3. The van der Waals surface area contributed by atoms with Crippen LogP contribution in [0.5, 0.6) is 0 Å². The number of nitrogens with two attached hydrogens (primary N) is 1. The summed E-state index contributed by atoms with van der Waals surface area (Å²) >= 11 is 0. The molecule has 1 amide bonds. The van der Waals surface area contributed by atoms with Crippen molar-refractivity contribution in [3.63, 3.8) is 0 Å². The van der Waals surface area contributed by atoms with Gasteiger partial charge in [-0.2, -0.15) is 0 Å². The first-order valence-corrected chi connectivity index (χ1v) is 8.15. The van der Waals surface area contributed by atoms with Crippen LogP contribution in [0.15, 0.2) is 0 Å². The zero-order valence-corrected chi connectivity index (χ0v) is 15.8. The van der Waals surface area contributed by atoms with Crippen LogP contribution in [0.3, 0.4) is 0 Å². The Bertz CT molecular complexity index is 354. The molecule has 132 valence electrons. The number of likely N-dealkylation sites (N-methyl/N-ethyl adjacent to an activating group) is 1. The molecule has 2 aliphatic rings. The summed E-state index contributed by atoms with van der Waals surface area (Å²) in [7, 11) is 4.29. The molecule has 4 nitrogen and oxygen atoms in total. The number of halogens is 2. The molecule has 3 N–H and O–H groups in total. The van der Waals surface area contributed by atoms with Crippen molar-refractivity contribution in [2.24, 2.45) is 17.6 Å². The van der Waals surface area contributed by atoms with E-state index < -0.39 is 0 Å². The van der Waals surface area contributed by atoms with Gasteiger partial charge in [-0.05, 0) is 45.7 Å². The van der Waals surface area contributed by atoms with Crippen molar-refractivity contribution in [1.82, 2.24) is 10.2 Å². The van der Waals surface area contributed by atoms with Crippen LogP contribution in [0.25, 0.3) is 0 Å². The molecule has 0 aromatic heterocycles. The van der Waals surface area contributed by atoms with E-state index in [0.717, 1.165) is 31.7 Å². The van der Waals surface area contributed by atoms with Crippen LogP contribution >= 0.6 is 24.8 Å². The van der Waals surface area contributed by atoms with Crippen molar-refractivity contribution >= 4 is 30.7 Å². The minimum Gasteiger partial charge on any atom is -0.354 e. The lowest BCUT2D eigenvalue weighted by atomic mass is 9.75. The van der Waals surface area contributed by atoms with Crippen molar-refractivity contribution < 1.29 is 4.79 Å². The van der Waals surface area contributed by atoms with Crippen molar-refractivity contribution in [3.8, 4) is 0 Å². The number of amides is 1. The molecule has 0 aliphatic heterocycles. The first kappa shape index (κ1) is 22.0. The minimum atomic E-state index is 0. The largest absolute Gasteiger partial charge is 0.354 e. The molecular weight excluding hydrogens is 321 g/mol. The lowest BCUT2D eigenvalue weighted by Gasteiger charge is -2.45. The fraction of sp³-hybridized carbons (Fsp3) is 0.938. The van der Waals surface area contributed by atoms with Gasteiger partial charge in [0.25, 0.3) is 0 Å². The average molecular weight is 354 g/mol. The van der Waals surface area contributed by atoms with Gasteiger partial charge >= 0.3 is 0 Å². The number of hydrogen-bond acceptors (Lipinski definition) is 3. The fourth-order valence-electron chi connectivity index (χ4n) is 4.05. The van der Waals surface area contributed by atoms with Crippen LogP contribution in [0.2, 0.25) is 0 Å². The third kappa shape index (κ3) is 4.98. The summed E-state index contributed by atoms with van der Waals surface area (Å²) in [6.07, 6.45) is 7.98. The number of carbonyl (C=O) groups excluding carboxylic acids is 1. The first-order chi connectivity index (χ1) is 9.44. The van der Waals surface area contributed by atoms with Gasteiger partial charge in [-0.1, -0.05) is 26.2 Å². The molecule has 0 radical (unpaired) electrons. The second-order valence-corrected chi connectivity index (χ2v) is 7.24. The van der Waals surface area contributed by atoms with Gasteiger partial charge in [0.1, 0.15) is 0 Å². The molecule has 2 rings (SSSR count). The molecule has 0 aromatic carbocycles. The van der Waals surface area contributed by atoms with Gasteiger partial charge in [-0.25, -0.2) is 0 Å². The number of rotatable bonds is 4. The Morgan fingerprint density at radius 3 is 2.41 bits per heavy atom. The Labute approximate surface area is 147 Å². The van der Waals surface area contributed by atoms with Crippen molar-refractivity contribution in [3.05, 3.63) is 0 Å². The Morgan fingerprint density at radius 2 is 1.91 bits per heavy atom. The molecule has 0 bridgehead atoms. The van der Waals surface area contributed by atoms with Gasteiger partial charge in [-0.3, -0.25) is 4.79 Å². The molecular formula is C16H33Cl2N3O. The fourth-order valence-corrected chi connectivity index (χ4v) is 4.05. The molecule has 2 saturated carbocycles. The monoisotopic (exact) mass is 353 g/mol. The van der Waals surface area contributed by atoms with Gasteiger partial charge in [0.15, 0.2) is 0 Å². The molecule has 0 aromatic rings. The predicted octanol–water partition coefficient (Wildman–Crippen LogP) is 2.58. The second kappa shape index (κ2) is 9.31. The normalized spacial score (nSPS) is 34.7. The van der Waals surface area contributed by atoms with Gasteiger partial charge in [0.05, 0.1) is 5.92 Å². The summed E-state index contributed by atoms with van der Waals surface area (Å²) in [5.41, 5.74) is 6.17. The lowest BCUT2D eigenvalue weighted by molar-refractivity contribution is -0.126. The number of nitrogens with zero attached hydrogens (tertiary/aromatic N) is 1. The molecule has 22 heavy (non-hydrogen) atoms. The molecule has 4 atom stereocenters. The summed E-state index contributed by atoms with van der Waals surface area (Å²) in [5, 5.41) is 3.21. The standard InChI is InChI=1S/C16H31N3O.2ClH/c1-12-6-5-9-16(10-12,19(2)3)11-18-15(20)13-7-4-8-14(13)17;;/h12-14H,4-11,17H2,1-3H3,(H,18,20);2*1H. The molecule has 4 unspecified atom stereocenters. The van der Waals surface area contributed by atoms with E-state index in [9.17, 15) is 4.79 Å². The van der Waals surface area contributed by atoms with Crippen LogP contribution < -0.4 is 11.1 Å². The van der Waals surface area contributed by atoms with Gasteiger partial charge in [0, 0.05) is 18.1 Å².